The van der Waals surface area contributed by atoms with Crippen LogP contribution in [0.25, 0.3) is 0 Å². The first-order valence-electron chi connectivity index (χ1n) is 6.98. The summed E-state index contributed by atoms with van der Waals surface area (Å²) in [6.45, 7) is -3.15. The Morgan fingerprint density at radius 1 is 1.43 bits per heavy atom. The van der Waals surface area contributed by atoms with E-state index in [9.17, 15) is 23.7 Å². The van der Waals surface area contributed by atoms with Crippen LogP contribution in [0.15, 0.2) is 18.2 Å². The first kappa shape index (κ1) is 16.9. The Balaban J connectivity index is 2.09. The summed E-state index contributed by atoms with van der Waals surface area (Å²) in [6, 6.07) is 3.64. The van der Waals surface area contributed by atoms with E-state index in [-0.39, 0.29) is 17.9 Å². The zero-order chi connectivity index (χ0) is 17.0. The van der Waals surface area contributed by atoms with Gasteiger partial charge in [-0.1, -0.05) is 0 Å². The predicted octanol–water partition coefficient (Wildman–Crippen LogP) is 2.95. The number of benzene rings is 1. The fourth-order valence-electron chi connectivity index (χ4n) is 2.67. The van der Waals surface area contributed by atoms with Gasteiger partial charge in [-0.25, -0.2) is 0 Å². The van der Waals surface area contributed by atoms with Gasteiger partial charge in [0, 0.05) is 23.9 Å². The second kappa shape index (κ2) is 7.21. The van der Waals surface area contributed by atoms with Crippen LogP contribution in [0.5, 0.6) is 5.75 Å². The van der Waals surface area contributed by atoms with Gasteiger partial charge >= 0.3 is 18.3 Å². The van der Waals surface area contributed by atoms with E-state index in [4.69, 9.17) is 4.74 Å². The molecule has 0 bridgehead atoms. The molecular weight excluding hydrogens is 314 g/mol. The highest BCUT2D eigenvalue weighted by Gasteiger charge is 2.31. The quantitative estimate of drug-likeness (QED) is 0.490. The number of methoxy groups -OCH3 is 1. The van der Waals surface area contributed by atoms with E-state index in [0.29, 0.717) is 24.9 Å². The van der Waals surface area contributed by atoms with Gasteiger partial charge in [0.15, 0.2) is 0 Å². The van der Waals surface area contributed by atoms with Crippen molar-refractivity contribution in [3.05, 3.63) is 28.3 Å². The van der Waals surface area contributed by atoms with Crippen molar-refractivity contribution in [2.75, 3.05) is 12.4 Å². The van der Waals surface area contributed by atoms with E-state index in [1.54, 1.807) is 0 Å². The molecule has 0 radical (unpaired) electrons. The summed E-state index contributed by atoms with van der Waals surface area (Å²) >= 11 is 0. The number of alkyl halides is 2. The topological polar surface area (TPSA) is 90.7 Å². The van der Waals surface area contributed by atoms with Crippen molar-refractivity contribution in [1.29, 1.82) is 0 Å². The van der Waals surface area contributed by atoms with Gasteiger partial charge in [0.1, 0.15) is 0 Å². The van der Waals surface area contributed by atoms with E-state index in [0.717, 1.165) is 12.1 Å². The number of carbonyl (C=O) groups is 1. The predicted molar refractivity (Wildman–Crippen MR) is 76.5 cm³/mol. The van der Waals surface area contributed by atoms with Crippen LogP contribution in [0.2, 0.25) is 0 Å². The van der Waals surface area contributed by atoms with Gasteiger partial charge in [0.2, 0.25) is 5.75 Å². The van der Waals surface area contributed by atoms with Crippen LogP contribution >= 0.6 is 0 Å². The summed E-state index contributed by atoms with van der Waals surface area (Å²) in [5, 5.41) is 13.9. The summed E-state index contributed by atoms with van der Waals surface area (Å²) in [7, 11) is 1.33. The summed E-state index contributed by atoms with van der Waals surface area (Å²) < 4.78 is 33.6. The molecular formula is C14H16F2N2O5. The highest BCUT2D eigenvalue weighted by molar-refractivity contribution is 5.72. The van der Waals surface area contributed by atoms with Crippen molar-refractivity contribution in [3.63, 3.8) is 0 Å². The molecule has 1 N–H and O–H groups in total. The number of hydrogen-bond donors (Lipinski definition) is 1. The van der Waals surface area contributed by atoms with Crippen molar-refractivity contribution in [2.24, 2.45) is 5.92 Å². The van der Waals surface area contributed by atoms with E-state index in [2.05, 4.69) is 10.1 Å². The van der Waals surface area contributed by atoms with Crippen molar-refractivity contribution in [2.45, 2.75) is 31.9 Å². The van der Waals surface area contributed by atoms with Gasteiger partial charge in [-0.3, -0.25) is 14.9 Å². The molecule has 2 atom stereocenters. The zero-order valence-electron chi connectivity index (χ0n) is 12.3. The monoisotopic (exact) mass is 330 g/mol. The third-order valence-corrected chi connectivity index (χ3v) is 3.71. The van der Waals surface area contributed by atoms with Crippen LogP contribution in [0, 0.1) is 16.0 Å². The normalized spacial score (nSPS) is 20.3. The van der Waals surface area contributed by atoms with Crippen molar-refractivity contribution < 1.29 is 28.0 Å². The fraction of sp³-hybridized carbons (Fsp3) is 0.500. The largest absolute Gasteiger partial charge is 0.469 e. The Hall–Kier alpha value is -2.45. The number of nitrogens with zero attached hydrogens (tertiary/aromatic N) is 1. The van der Waals surface area contributed by atoms with Gasteiger partial charge in [0.25, 0.3) is 0 Å². The molecule has 7 nitrogen and oxygen atoms in total. The van der Waals surface area contributed by atoms with Crippen LogP contribution in [0.1, 0.15) is 19.3 Å². The fourth-order valence-corrected chi connectivity index (χ4v) is 2.67. The Labute approximate surface area is 130 Å². The number of nitro groups is 1. The third kappa shape index (κ3) is 4.27. The molecule has 0 saturated heterocycles. The molecule has 1 aliphatic carbocycles. The van der Waals surface area contributed by atoms with Gasteiger partial charge in [0.05, 0.1) is 18.0 Å². The lowest BCUT2D eigenvalue weighted by Gasteiger charge is -2.15. The van der Waals surface area contributed by atoms with Crippen LogP contribution in [-0.4, -0.2) is 30.7 Å². The second-order valence-electron chi connectivity index (χ2n) is 5.19. The first-order valence-corrected chi connectivity index (χ1v) is 6.98. The number of rotatable bonds is 6. The molecule has 1 aliphatic rings. The lowest BCUT2D eigenvalue weighted by molar-refractivity contribution is -0.386. The van der Waals surface area contributed by atoms with Crippen LogP contribution < -0.4 is 10.1 Å². The lowest BCUT2D eigenvalue weighted by Crippen LogP contribution is -2.19. The minimum atomic E-state index is -3.15. The average molecular weight is 330 g/mol. The Kier molecular flexibility index (Phi) is 5.30. The molecule has 1 aromatic rings. The molecule has 9 heteroatoms. The average Bonchev–Trinajstić information content (AvgIpc) is 2.94. The standard InChI is InChI=1S/C14H16F2N2O5/c1-22-13(19)8-2-3-9(6-8)17-10-4-5-11(18(20)21)12(7-10)23-14(15)16/h4-5,7-9,14,17H,2-3,6H2,1H3/t8-,9+/m0/s1. The van der Waals surface area contributed by atoms with Crippen LogP contribution in [0.4, 0.5) is 20.2 Å². The number of anilines is 1. The molecule has 0 amide bonds. The molecule has 0 heterocycles. The number of carbonyl (C=O) groups excluding carboxylic acids is 1. The Bertz CT molecular complexity index is 597. The molecule has 1 saturated carbocycles. The van der Waals surface area contributed by atoms with E-state index < -0.39 is 23.0 Å². The van der Waals surface area contributed by atoms with Crippen molar-refractivity contribution in [3.8, 4) is 5.75 Å². The molecule has 2 rings (SSSR count). The second-order valence-corrected chi connectivity index (χ2v) is 5.19. The number of esters is 1. The molecule has 0 unspecified atom stereocenters. The highest BCUT2D eigenvalue weighted by atomic mass is 19.3. The Morgan fingerprint density at radius 3 is 2.78 bits per heavy atom. The summed E-state index contributed by atoms with van der Waals surface area (Å²) in [6.07, 6.45) is 1.92. The number of nitrogens with one attached hydrogen (secondary N) is 1. The Morgan fingerprint density at radius 2 is 2.17 bits per heavy atom. The number of ether oxygens (including phenoxy) is 2. The zero-order valence-corrected chi connectivity index (χ0v) is 12.3. The van der Waals surface area contributed by atoms with Gasteiger partial charge in [-0.2, -0.15) is 8.78 Å². The van der Waals surface area contributed by atoms with Gasteiger partial charge < -0.3 is 14.8 Å². The molecule has 23 heavy (non-hydrogen) atoms. The SMILES string of the molecule is COC(=O)[C@H]1CC[C@@H](Nc2ccc([N+](=O)[O-])c(OC(F)F)c2)C1. The maximum Gasteiger partial charge on any atom is 0.387 e. The summed E-state index contributed by atoms with van der Waals surface area (Å²) in [5.41, 5.74) is -0.114. The highest BCUT2D eigenvalue weighted by Crippen LogP contribution is 2.34. The number of hydrogen-bond acceptors (Lipinski definition) is 6. The first-order chi connectivity index (χ1) is 10.9. The smallest absolute Gasteiger partial charge is 0.387 e. The molecule has 0 spiro atoms. The van der Waals surface area contributed by atoms with E-state index in [1.807, 2.05) is 0 Å². The molecule has 1 fully saturated rings. The number of halogens is 2. The molecule has 0 aliphatic heterocycles. The number of nitro benzene ring substituents is 1. The molecule has 0 aromatic heterocycles. The van der Waals surface area contributed by atoms with Crippen molar-refractivity contribution >= 4 is 17.3 Å². The molecule has 126 valence electrons. The molecule has 1 aromatic carbocycles. The van der Waals surface area contributed by atoms with Crippen LogP contribution in [-0.2, 0) is 9.53 Å². The summed E-state index contributed by atoms with van der Waals surface area (Å²) in [4.78, 5) is 21.5. The minimum absolute atomic E-state index is 0.0417. The summed E-state index contributed by atoms with van der Waals surface area (Å²) in [5.74, 6) is -0.982. The van der Waals surface area contributed by atoms with Crippen LogP contribution in [0.3, 0.4) is 0 Å². The van der Waals surface area contributed by atoms with E-state index in [1.165, 1.54) is 13.2 Å². The van der Waals surface area contributed by atoms with Gasteiger partial charge in [-0.05, 0) is 25.3 Å². The minimum Gasteiger partial charge on any atom is -0.469 e. The lowest BCUT2D eigenvalue weighted by atomic mass is 10.1. The van der Waals surface area contributed by atoms with Gasteiger partial charge in [-0.15, -0.1) is 0 Å². The maximum absolute atomic E-state index is 12.4. The van der Waals surface area contributed by atoms with E-state index >= 15 is 0 Å². The maximum atomic E-state index is 12.4. The van der Waals surface area contributed by atoms with Crippen molar-refractivity contribution in [1.82, 2.24) is 0 Å². The third-order valence-electron chi connectivity index (χ3n) is 3.71.